The van der Waals surface area contributed by atoms with E-state index in [-0.39, 0.29) is 81.4 Å². The lowest BCUT2D eigenvalue weighted by molar-refractivity contribution is 0.480. The Morgan fingerprint density at radius 2 is 0.725 bits per heavy atom. The van der Waals surface area contributed by atoms with Crippen LogP contribution in [0.5, 0.6) is 0 Å². The molecule has 0 unspecified atom stereocenters. The van der Waals surface area contributed by atoms with Crippen LogP contribution in [0.2, 0.25) is 15.1 Å². The molecule has 53 heteroatoms. The highest BCUT2D eigenvalue weighted by atomic mass is 35.5. The van der Waals surface area contributed by atoms with Crippen LogP contribution >= 0.6 is 103 Å². The molecule has 13 N–H and O–H groups in total. The molecular formula is C96H95Cl3F2N24O12S12. The highest BCUT2D eigenvalue weighted by molar-refractivity contribution is 7.91. The Morgan fingerprint density at radius 3 is 1.11 bits per heavy atom. The molecule has 0 saturated heterocycles. The average Bonchev–Trinajstić information content (AvgIpc) is 1.53. The van der Waals surface area contributed by atoms with Crippen molar-refractivity contribution in [1.82, 2.24) is 40.8 Å². The van der Waals surface area contributed by atoms with Crippen molar-refractivity contribution in [1.29, 1.82) is 15.8 Å². The number of aliphatic imine (C=N–C) groups is 6. The zero-order valence-electron chi connectivity index (χ0n) is 81.4. The van der Waals surface area contributed by atoms with Crippen LogP contribution in [0.25, 0.3) is 77.1 Å². The van der Waals surface area contributed by atoms with Gasteiger partial charge in [-0.2, -0.15) is 15.8 Å². The number of para-hydroxylation sites is 1. The van der Waals surface area contributed by atoms with Gasteiger partial charge in [-0.3, -0.25) is 9.97 Å². The lowest BCUT2D eigenvalue weighted by atomic mass is 10.0. The average molecular weight is 2310 g/mol. The van der Waals surface area contributed by atoms with Gasteiger partial charge in [-0.15, -0.1) is 73.9 Å². The first-order chi connectivity index (χ1) is 69.6. The van der Waals surface area contributed by atoms with Crippen LogP contribution in [0.3, 0.4) is 0 Å². The number of nitrogens with two attached hydrogens (primary N) is 6. The van der Waals surface area contributed by atoms with Gasteiger partial charge in [0.15, 0.2) is 0 Å². The second kappa shape index (κ2) is 42.4. The molecule has 6 aliphatic rings. The van der Waals surface area contributed by atoms with Crippen LogP contribution in [0.15, 0.2) is 215 Å². The molecule has 13 aromatic rings. The number of hydrogen-bond donors (Lipinski definition) is 7. The number of fused-ring (bicyclic) bond motifs is 1. The molecule has 0 amide bonds. The summed E-state index contributed by atoms with van der Waals surface area (Å²) in [6.07, 6.45) is 6.75. The van der Waals surface area contributed by atoms with E-state index < -0.39 is 105 Å². The summed E-state index contributed by atoms with van der Waals surface area (Å²) in [5.74, 6) is 3.62. The van der Waals surface area contributed by atoms with E-state index in [0.717, 1.165) is 117 Å². The second-order valence-electron chi connectivity index (χ2n) is 36.0. The minimum absolute atomic E-state index is 0.00174. The number of hydrogen-bond acceptors (Lipinski definition) is 35. The number of aromatic amines is 1. The van der Waals surface area contributed by atoms with Gasteiger partial charge in [-0.25, -0.2) is 115 Å². The van der Waals surface area contributed by atoms with Crippen molar-refractivity contribution in [2.75, 3.05) is 76.8 Å². The zero-order valence-corrected chi connectivity index (χ0v) is 93.5. The number of aromatic nitrogens is 3. The topological polar surface area (TPSA) is 568 Å². The van der Waals surface area contributed by atoms with Crippen molar-refractivity contribution in [2.45, 2.75) is 81.7 Å². The molecular weight excluding hydrogens is 2210 g/mol. The van der Waals surface area contributed by atoms with Gasteiger partial charge >= 0.3 is 0 Å². The number of halogens is 5. The quantitative estimate of drug-likeness (QED) is 0.0559. The van der Waals surface area contributed by atoms with Gasteiger partial charge in [0, 0.05) is 114 Å². The standard InChI is InChI=1S/C17H16Cl2N4O2S2.C17H18N4O2S2.2C16H15FN4O2S2.C16H16N4O2S2.C14H15ClN4O2S2/c1-17(8-27(24,25)23(2)16(20)22-17)15-11(19)7-13(26-15)12-6-9-4-3-5-10(18)14(9)21-12;1-4-5-12-6-13(9-19-8-12)14-7-15(24-10-14)17(2)11-25(22,23)21(3)16(18)20-17;1-16(9-25(22,23)21(2)15(19)20-16)14-6-12(8-24-14)11-3-10(7-18)4-13(17)5-11;1-16(9-25(22,23)21(2)15(19)20-16)14-6-12(8-24-14)10-3-4-13(17)11(5-10)7-18;1-16(10-24(21,22)20(2)15(18)19-16)14-7-13(9-23-14)12-5-3-4-11(6-12)8-17;1-14(8-23(20,21)19(2)13(16)18-14)12-4-10(7-22-12)9-3-11(15)6-17-5-9/h3-7,21H,8H2,1-2H3,(H2,20,22);6-10H,11H2,1-3H3,(H2,18,20);2*3-6,8H,9H2,1-2H3,(H2,19,20);3-7,9H,10H2,1-2H3,(H2,18,19);3-7H,8H2,1-2H3,(H2,16,18)/t2*17-;3*16-;14-/m000000/s1. The third-order valence-corrected chi connectivity index (χ3v) is 44.5. The Labute approximate surface area is 899 Å². The normalized spacial score (nSPS) is 22.5. The maximum absolute atomic E-state index is 13.7. The largest absolute Gasteiger partial charge is 0.369 e. The number of pyridine rings is 2. The molecule has 0 saturated carbocycles. The fraction of sp³-hybridized carbons (Fsp3) is 0.260. The maximum atomic E-state index is 13.7. The van der Waals surface area contributed by atoms with Crippen LogP contribution in [-0.4, -0.2) is 204 Å². The van der Waals surface area contributed by atoms with Crippen molar-refractivity contribution in [3.8, 4) is 96.3 Å². The van der Waals surface area contributed by atoms with Gasteiger partial charge in [-0.05, 0) is 223 Å². The molecule has 0 aliphatic carbocycles. The predicted octanol–water partition coefficient (Wildman–Crippen LogP) is 14.8. The summed E-state index contributed by atoms with van der Waals surface area (Å²) in [7, 11) is -12.8. The van der Waals surface area contributed by atoms with Crippen LogP contribution in [-0.2, 0) is 93.4 Å². The molecule has 36 nitrogen and oxygen atoms in total. The third-order valence-electron chi connectivity index (χ3n) is 24.6. The van der Waals surface area contributed by atoms with Crippen molar-refractivity contribution >= 4 is 210 Å². The summed E-state index contributed by atoms with van der Waals surface area (Å²) in [5.41, 5.74) is 40.5. The number of nitriles is 3. The lowest BCUT2D eigenvalue weighted by Crippen LogP contribution is -2.50. The Morgan fingerprint density at radius 1 is 0.369 bits per heavy atom. The molecule has 9 aromatic heterocycles. The smallest absolute Gasteiger partial charge is 0.239 e. The first-order valence-electron chi connectivity index (χ1n) is 44.0. The molecule has 0 spiro atoms. The van der Waals surface area contributed by atoms with E-state index in [0.29, 0.717) is 47.1 Å². The Kier molecular flexibility index (Phi) is 31.8. The van der Waals surface area contributed by atoms with Gasteiger partial charge in [-0.1, -0.05) is 71.1 Å². The van der Waals surface area contributed by atoms with Crippen molar-refractivity contribution in [2.24, 2.45) is 64.4 Å². The minimum Gasteiger partial charge on any atom is -0.369 e. The van der Waals surface area contributed by atoms with Crippen LogP contribution in [0, 0.1) is 57.5 Å². The molecule has 0 radical (unpaired) electrons. The van der Waals surface area contributed by atoms with E-state index in [2.05, 4.69) is 62.8 Å². The van der Waals surface area contributed by atoms with Crippen molar-refractivity contribution in [3.63, 3.8) is 0 Å². The van der Waals surface area contributed by atoms with E-state index in [1.807, 2.05) is 106 Å². The van der Waals surface area contributed by atoms with Gasteiger partial charge < -0.3 is 39.4 Å². The SMILES string of the molecule is CC#Cc1cncc(-c2csc([C@]3(C)CS(=O)(=O)N(C)C(N)=N3)c2)c1.CN1C(N)=N[C@](C)(c2cc(-c3cc(F)cc(C#N)c3)cs2)CS1(=O)=O.CN1C(N)=N[C@](C)(c2cc(-c3ccc(F)c(C#N)c3)cs2)CS1(=O)=O.CN1C(N)=N[C@](C)(c2cc(-c3cccc(C#N)c3)cs2)CS1(=O)=O.CN1C(N)=N[C@](C)(c2cc(-c3cncc(Cl)c3)cs2)CS1(=O)=O.CN1C(N)=N[C@](C)(c2sc(-c3cc4cccc(Cl)c4[nH]3)cc2Cl)CS1(=O)=O. The van der Waals surface area contributed by atoms with Crippen LogP contribution in [0.4, 0.5) is 8.78 Å². The Bertz CT molecular complexity index is 8700. The molecule has 0 bridgehead atoms. The molecule has 19 rings (SSSR count). The molecule has 778 valence electrons. The second-order valence-corrected chi connectivity index (χ2v) is 54.9. The molecule has 0 fully saturated rings. The maximum Gasteiger partial charge on any atom is 0.239 e. The predicted molar refractivity (Wildman–Crippen MR) is 591 cm³/mol. The highest BCUT2D eigenvalue weighted by Crippen LogP contribution is 2.49. The van der Waals surface area contributed by atoms with E-state index in [9.17, 15) is 59.3 Å². The number of H-pyrrole nitrogens is 1. The van der Waals surface area contributed by atoms with Crippen LogP contribution < -0.4 is 34.4 Å². The van der Waals surface area contributed by atoms with Crippen LogP contribution in [0.1, 0.15) is 100.0 Å². The van der Waals surface area contributed by atoms with Gasteiger partial charge in [0.2, 0.25) is 95.9 Å². The van der Waals surface area contributed by atoms with Crippen molar-refractivity contribution < 1.29 is 59.3 Å². The summed E-state index contributed by atoms with van der Waals surface area (Å²) in [5, 5.41) is 39.0. The van der Waals surface area contributed by atoms with Gasteiger partial charge in [0.1, 0.15) is 50.9 Å². The first kappa shape index (κ1) is 112. The molecule has 15 heterocycles. The fourth-order valence-electron chi connectivity index (χ4n) is 16.2. The summed E-state index contributed by atoms with van der Waals surface area (Å²) in [6, 6.07) is 44.1. The number of guanidine groups is 6. The first-order valence-corrected chi connectivity index (χ1v) is 60.0. The number of thiophene rings is 6. The summed E-state index contributed by atoms with van der Waals surface area (Å²) in [4.78, 5) is 43.4. The number of nitrogens with one attached hydrogen (secondary N) is 1. The Hall–Kier alpha value is -13.0. The van der Waals surface area contributed by atoms with Gasteiger partial charge in [0.25, 0.3) is 0 Å². The molecule has 4 aromatic carbocycles. The summed E-state index contributed by atoms with van der Waals surface area (Å²) < 4.78 is 181. The molecule has 6 aliphatic heterocycles. The third kappa shape index (κ3) is 23.9. The van der Waals surface area contributed by atoms with E-state index in [4.69, 9.17) is 85.0 Å². The highest BCUT2D eigenvalue weighted by Gasteiger charge is 2.48. The number of benzene rings is 4. The van der Waals surface area contributed by atoms with E-state index in [1.54, 1.807) is 115 Å². The van der Waals surface area contributed by atoms with Gasteiger partial charge in [0.05, 0.1) is 99.4 Å². The molecule has 6 atom stereocenters. The number of rotatable bonds is 12. The number of nitrogens with zero attached hydrogens (tertiary/aromatic N) is 17. The van der Waals surface area contributed by atoms with E-state index in [1.165, 1.54) is 129 Å². The minimum atomic E-state index is -3.56. The Balaban J connectivity index is 0.000000141. The van der Waals surface area contributed by atoms with Crippen molar-refractivity contribution in [3.05, 3.63) is 263 Å². The zero-order chi connectivity index (χ0) is 109. The lowest BCUT2D eigenvalue weighted by Gasteiger charge is -2.33. The fourth-order valence-corrected chi connectivity index (χ4v) is 32.5. The molecule has 149 heavy (non-hydrogen) atoms. The monoisotopic (exact) mass is 2300 g/mol. The summed E-state index contributed by atoms with van der Waals surface area (Å²) >= 11 is 27.1. The van der Waals surface area contributed by atoms with E-state index >= 15 is 0 Å². The number of sulfonamides is 6. The summed E-state index contributed by atoms with van der Waals surface area (Å²) in [6.45, 7) is 12.3.